The van der Waals surface area contributed by atoms with Crippen LogP contribution in [0.1, 0.15) is 51.4 Å². The molecule has 0 aromatic carbocycles. The van der Waals surface area contributed by atoms with E-state index >= 15 is 0 Å². The summed E-state index contributed by atoms with van der Waals surface area (Å²) >= 11 is 0. The number of rotatable bonds is 2. The third kappa shape index (κ3) is 2.27. The zero-order valence-electron chi connectivity index (χ0n) is 9.34. The first-order valence-corrected chi connectivity index (χ1v) is 6.15. The van der Waals surface area contributed by atoms with E-state index in [4.69, 9.17) is 10.5 Å². The predicted octanol–water partition coefficient (Wildman–Crippen LogP) is 2.83. The molecule has 0 radical (unpaired) electrons. The van der Waals surface area contributed by atoms with Crippen molar-refractivity contribution in [1.82, 2.24) is 0 Å². The van der Waals surface area contributed by atoms with Crippen LogP contribution in [0.4, 0.5) is 4.79 Å². The third-order valence-corrected chi connectivity index (χ3v) is 4.37. The minimum Gasteiger partial charge on any atom is -0.449 e. The summed E-state index contributed by atoms with van der Waals surface area (Å²) < 4.78 is 4.99. The van der Waals surface area contributed by atoms with E-state index in [1.165, 1.54) is 51.4 Å². The van der Waals surface area contributed by atoms with Crippen molar-refractivity contribution in [3.05, 3.63) is 0 Å². The van der Waals surface area contributed by atoms with Gasteiger partial charge in [-0.3, -0.25) is 0 Å². The van der Waals surface area contributed by atoms with Crippen molar-refractivity contribution in [3.63, 3.8) is 0 Å². The average Bonchev–Trinajstić information content (AvgIpc) is 2.59. The van der Waals surface area contributed by atoms with E-state index in [1.807, 2.05) is 0 Å². The van der Waals surface area contributed by atoms with Gasteiger partial charge in [0.05, 0.1) is 6.61 Å². The lowest BCUT2D eigenvalue weighted by molar-refractivity contribution is 0.0621. The van der Waals surface area contributed by atoms with Crippen LogP contribution in [-0.4, -0.2) is 12.7 Å². The highest BCUT2D eigenvalue weighted by molar-refractivity contribution is 5.64. The lowest BCUT2D eigenvalue weighted by atomic mass is 9.68. The molecule has 0 bridgehead atoms. The van der Waals surface area contributed by atoms with E-state index in [-0.39, 0.29) is 0 Å². The fourth-order valence-corrected chi connectivity index (χ4v) is 3.57. The van der Waals surface area contributed by atoms with Crippen LogP contribution in [0.15, 0.2) is 0 Å². The van der Waals surface area contributed by atoms with Crippen LogP contribution in [0.25, 0.3) is 0 Å². The van der Waals surface area contributed by atoms with Gasteiger partial charge in [-0.25, -0.2) is 4.79 Å². The van der Waals surface area contributed by atoms with Crippen LogP contribution < -0.4 is 5.73 Å². The number of primary amides is 1. The first kappa shape index (κ1) is 10.8. The van der Waals surface area contributed by atoms with E-state index < -0.39 is 6.09 Å². The number of ether oxygens (including phenoxy) is 1. The lowest BCUT2D eigenvalue weighted by Crippen LogP contribution is -2.32. The SMILES string of the molecule is NC(=O)OCC1CCCC12CCCCC2. The molecule has 86 valence electrons. The summed E-state index contributed by atoms with van der Waals surface area (Å²) in [5.41, 5.74) is 5.52. The van der Waals surface area contributed by atoms with Gasteiger partial charge >= 0.3 is 6.09 Å². The van der Waals surface area contributed by atoms with Gasteiger partial charge in [-0.1, -0.05) is 25.7 Å². The molecule has 2 rings (SSSR count). The largest absolute Gasteiger partial charge is 0.449 e. The van der Waals surface area contributed by atoms with Crippen molar-refractivity contribution in [1.29, 1.82) is 0 Å². The molecule has 0 aromatic rings. The first-order valence-electron chi connectivity index (χ1n) is 6.15. The van der Waals surface area contributed by atoms with Gasteiger partial charge in [0.1, 0.15) is 0 Å². The van der Waals surface area contributed by atoms with Crippen molar-refractivity contribution in [3.8, 4) is 0 Å². The Bertz CT molecular complexity index is 234. The van der Waals surface area contributed by atoms with Crippen LogP contribution >= 0.6 is 0 Å². The Balaban J connectivity index is 1.94. The molecule has 2 fully saturated rings. The molecule has 2 N–H and O–H groups in total. The molecule has 0 saturated heterocycles. The predicted molar refractivity (Wildman–Crippen MR) is 58.4 cm³/mol. The second-order valence-corrected chi connectivity index (χ2v) is 5.14. The Hall–Kier alpha value is -0.730. The maximum atomic E-state index is 10.6. The maximum absolute atomic E-state index is 10.6. The average molecular weight is 211 g/mol. The number of hydrogen-bond donors (Lipinski definition) is 1. The van der Waals surface area contributed by atoms with Gasteiger partial charge in [0.2, 0.25) is 0 Å². The van der Waals surface area contributed by atoms with Gasteiger partial charge in [-0.2, -0.15) is 0 Å². The first-order chi connectivity index (χ1) is 7.23. The Morgan fingerprint density at radius 2 is 1.87 bits per heavy atom. The molecule has 1 amide bonds. The minimum atomic E-state index is -0.618. The van der Waals surface area contributed by atoms with Gasteiger partial charge in [0.15, 0.2) is 0 Å². The van der Waals surface area contributed by atoms with Crippen molar-refractivity contribution >= 4 is 6.09 Å². The van der Waals surface area contributed by atoms with Crippen molar-refractivity contribution in [2.24, 2.45) is 17.1 Å². The van der Waals surface area contributed by atoms with Gasteiger partial charge < -0.3 is 10.5 Å². The molecule has 3 heteroatoms. The molecule has 1 spiro atoms. The van der Waals surface area contributed by atoms with E-state index in [1.54, 1.807) is 0 Å². The van der Waals surface area contributed by atoms with Crippen molar-refractivity contribution < 1.29 is 9.53 Å². The number of carbonyl (C=O) groups is 1. The van der Waals surface area contributed by atoms with E-state index in [0.717, 1.165) is 0 Å². The topological polar surface area (TPSA) is 52.3 Å². The van der Waals surface area contributed by atoms with Gasteiger partial charge in [0, 0.05) is 0 Å². The molecule has 2 aliphatic rings. The molecule has 0 heterocycles. The Labute approximate surface area is 91.4 Å². The minimum absolute atomic E-state index is 0.494. The summed E-state index contributed by atoms with van der Waals surface area (Å²) in [6.07, 6.45) is 9.98. The molecular weight excluding hydrogens is 190 g/mol. The molecule has 2 aliphatic carbocycles. The molecule has 2 saturated carbocycles. The van der Waals surface area contributed by atoms with Crippen LogP contribution in [-0.2, 0) is 4.74 Å². The highest BCUT2D eigenvalue weighted by Crippen LogP contribution is 2.52. The van der Waals surface area contributed by atoms with Crippen LogP contribution in [0.2, 0.25) is 0 Å². The normalized spacial score (nSPS) is 29.2. The summed E-state index contributed by atoms with van der Waals surface area (Å²) in [6.45, 7) is 0.551. The maximum Gasteiger partial charge on any atom is 0.404 e. The lowest BCUT2D eigenvalue weighted by Gasteiger charge is -2.38. The quantitative estimate of drug-likeness (QED) is 0.763. The van der Waals surface area contributed by atoms with E-state index in [0.29, 0.717) is 17.9 Å². The zero-order chi connectivity index (χ0) is 10.7. The molecule has 1 atom stereocenters. The number of carbonyl (C=O) groups excluding carboxylic acids is 1. The van der Waals surface area contributed by atoms with Crippen molar-refractivity contribution in [2.45, 2.75) is 51.4 Å². The summed E-state index contributed by atoms with van der Waals surface area (Å²) in [4.78, 5) is 10.6. The fraction of sp³-hybridized carbons (Fsp3) is 0.917. The Morgan fingerprint density at radius 1 is 1.20 bits per heavy atom. The molecule has 0 aromatic heterocycles. The summed E-state index contributed by atoms with van der Waals surface area (Å²) in [6, 6.07) is 0. The number of amides is 1. The standard InChI is InChI=1S/C12H21NO2/c13-11(14)15-9-10-5-4-8-12(10)6-2-1-3-7-12/h10H,1-9H2,(H2,13,14). The second kappa shape index (κ2) is 4.42. The van der Waals surface area contributed by atoms with Crippen LogP contribution in [0, 0.1) is 11.3 Å². The van der Waals surface area contributed by atoms with Gasteiger partial charge in [-0.05, 0) is 37.0 Å². The molecular formula is C12H21NO2. The summed E-state index contributed by atoms with van der Waals surface area (Å²) in [5.74, 6) is 0.574. The molecule has 0 aliphatic heterocycles. The Morgan fingerprint density at radius 3 is 2.53 bits per heavy atom. The molecule has 1 unspecified atom stereocenters. The van der Waals surface area contributed by atoms with Crippen molar-refractivity contribution in [2.75, 3.05) is 6.61 Å². The molecule has 15 heavy (non-hydrogen) atoms. The second-order valence-electron chi connectivity index (χ2n) is 5.14. The molecule has 3 nitrogen and oxygen atoms in total. The Kier molecular flexibility index (Phi) is 3.17. The van der Waals surface area contributed by atoms with Gasteiger partial charge in [-0.15, -0.1) is 0 Å². The van der Waals surface area contributed by atoms with E-state index in [2.05, 4.69) is 0 Å². The van der Waals surface area contributed by atoms with E-state index in [9.17, 15) is 4.79 Å². The van der Waals surface area contributed by atoms with Gasteiger partial charge in [0.25, 0.3) is 0 Å². The number of nitrogens with two attached hydrogens (primary N) is 1. The third-order valence-electron chi connectivity index (χ3n) is 4.37. The number of hydrogen-bond acceptors (Lipinski definition) is 2. The van der Waals surface area contributed by atoms with Crippen LogP contribution in [0.5, 0.6) is 0 Å². The highest BCUT2D eigenvalue weighted by atomic mass is 16.5. The smallest absolute Gasteiger partial charge is 0.404 e. The summed E-state index contributed by atoms with van der Waals surface area (Å²) in [7, 11) is 0. The highest BCUT2D eigenvalue weighted by Gasteiger charge is 2.43. The van der Waals surface area contributed by atoms with Crippen LogP contribution in [0.3, 0.4) is 0 Å². The monoisotopic (exact) mass is 211 g/mol. The zero-order valence-corrected chi connectivity index (χ0v) is 9.34. The summed E-state index contributed by atoms with van der Waals surface area (Å²) in [5, 5.41) is 0. The fourth-order valence-electron chi connectivity index (χ4n) is 3.57.